The lowest BCUT2D eigenvalue weighted by Crippen LogP contribution is -2.45. The number of rotatable bonds is 7. The number of nitrogens with zero attached hydrogens (tertiary/aromatic N) is 1. The van der Waals surface area contributed by atoms with Gasteiger partial charge in [0.05, 0.1) is 10.5 Å². The Morgan fingerprint density at radius 3 is 2.71 bits per heavy atom. The fraction of sp³-hybridized carbons (Fsp3) is 0.533. The molecule has 1 aromatic carbocycles. The zero-order valence-electron chi connectivity index (χ0n) is 12.9. The fourth-order valence-electron chi connectivity index (χ4n) is 1.76. The number of carbonyl (C=O) groups excluding carboxylic acids is 1. The summed E-state index contributed by atoms with van der Waals surface area (Å²) in [5, 5.41) is 12.9. The molecule has 1 amide bonds. The van der Waals surface area contributed by atoms with Gasteiger partial charge in [-0.25, -0.2) is 0 Å². The van der Waals surface area contributed by atoms with Gasteiger partial charge in [0.25, 0.3) is 0 Å². The van der Waals surface area contributed by atoms with E-state index in [0.29, 0.717) is 12.3 Å². The van der Waals surface area contributed by atoms with Crippen LogP contribution in [0.2, 0.25) is 0 Å². The van der Waals surface area contributed by atoms with Crippen molar-refractivity contribution in [3.05, 3.63) is 28.2 Å². The topological polar surface area (TPSA) is 61.8 Å². The number of benzene rings is 1. The van der Waals surface area contributed by atoms with Crippen molar-refractivity contribution in [2.45, 2.75) is 26.0 Å². The maximum Gasteiger partial charge on any atom is 0.238 e. The van der Waals surface area contributed by atoms with Crippen molar-refractivity contribution in [1.29, 1.82) is 0 Å². The third-order valence-corrected chi connectivity index (χ3v) is 3.61. The number of nitrogens with one attached hydrogen (secondary N) is 1. The van der Waals surface area contributed by atoms with Gasteiger partial charge < -0.3 is 20.1 Å². The van der Waals surface area contributed by atoms with E-state index in [-0.39, 0.29) is 18.6 Å². The summed E-state index contributed by atoms with van der Waals surface area (Å²) in [6.45, 7) is 4.23. The van der Waals surface area contributed by atoms with Gasteiger partial charge >= 0.3 is 0 Å². The smallest absolute Gasteiger partial charge is 0.238 e. The number of aliphatic hydroxyl groups is 1. The Labute approximate surface area is 134 Å². The number of hydrogen-bond acceptors (Lipinski definition) is 4. The van der Waals surface area contributed by atoms with Crippen LogP contribution in [0.25, 0.3) is 0 Å². The molecule has 0 spiro atoms. The standard InChI is InChI=1S/C15H23BrN2O3/c1-10-5-6-14(13(16)7-10)21-9-12(19)8-17-11(2)15(20)18(3)4/h5-7,11-12,17,19H,8-9H2,1-4H3. The molecule has 1 rings (SSSR count). The van der Waals surface area contributed by atoms with Crippen LogP contribution in [-0.2, 0) is 4.79 Å². The quantitative estimate of drug-likeness (QED) is 0.776. The molecule has 0 radical (unpaired) electrons. The number of likely N-dealkylation sites (N-methyl/N-ethyl adjacent to an activating group) is 1. The molecule has 0 aliphatic carbocycles. The van der Waals surface area contributed by atoms with Crippen molar-refractivity contribution in [2.75, 3.05) is 27.2 Å². The summed E-state index contributed by atoms with van der Waals surface area (Å²) >= 11 is 3.42. The summed E-state index contributed by atoms with van der Waals surface area (Å²) < 4.78 is 6.42. The second-order valence-corrected chi connectivity index (χ2v) is 6.12. The molecule has 0 heterocycles. The Hall–Kier alpha value is -1.11. The number of aliphatic hydroxyl groups excluding tert-OH is 1. The van der Waals surface area contributed by atoms with Crippen LogP contribution in [0.1, 0.15) is 12.5 Å². The molecule has 0 saturated heterocycles. The van der Waals surface area contributed by atoms with E-state index in [1.54, 1.807) is 21.0 Å². The second-order valence-electron chi connectivity index (χ2n) is 5.26. The summed E-state index contributed by atoms with van der Waals surface area (Å²) in [5.74, 6) is 0.668. The molecule has 0 aromatic heterocycles. The van der Waals surface area contributed by atoms with Crippen LogP contribution in [0.4, 0.5) is 0 Å². The van der Waals surface area contributed by atoms with E-state index in [9.17, 15) is 9.90 Å². The molecule has 1 aromatic rings. The van der Waals surface area contributed by atoms with Crippen molar-refractivity contribution in [3.63, 3.8) is 0 Å². The lowest BCUT2D eigenvalue weighted by Gasteiger charge is -2.20. The predicted octanol–water partition coefficient (Wildman–Crippen LogP) is 1.56. The first-order valence-corrected chi connectivity index (χ1v) is 7.62. The first-order valence-electron chi connectivity index (χ1n) is 6.82. The number of ether oxygens (including phenoxy) is 1. The number of amides is 1. The molecule has 118 valence electrons. The molecule has 2 unspecified atom stereocenters. The van der Waals surface area contributed by atoms with Crippen LogP contribution < -0.4 is 10.1 Å². The highest BCUT2D eigenvalue weighted by Gasteiger charge is 2.16. The average Bonchev–Trinajstić information content (AvgIpc) is 2.42. The molecule has 0 bridgehead atoms. The van der Waals surface area contributed by atoms with Crippen molar-refractivity contribution >= 4 is 21.8 Å². The van der Waals surface area contributed by atoms with Gasteiger partial charge in [-0.2, -0.15) is 0 Å². The minimum atomic E-state index is -0.685. The van der Waals surface area contributed by atoms with Crippen LogP contribution >= 0.6 is 15.9 Å². The lowest BCUT2D eigenvalue weighted by atomic mass is 10.2. The molecule has 6 heteroatoms. The maximum atomic E-state index is 11.7. The Kier molecular flexibility index (Phi) is 7.14. The van der Waals surface area contributed by atoms with E-state index in [0.717, 1.165) is 10.0 Å². The van der Waals surface area contributed by atoms with Crippen molar-refractivity contribution in [2.24, 2.45) is 0 Å². The maximum absolute atomic E-state index is 11.7. The number of halogens is 1. The Morgan fingerprint density at radius 2 is 2.14 bits per heavy atom. The summed E-state index contributed by atoms with van der Waals surface area (Å²) in [6.07, 6.45) is -0.685. The lowest BCUT2D eigenvalue weighted by molar-refractivity contribution is -0.130. The van der Waals surface area contributed by atoms with Gasteiger partial charge in [0.1, 0.15) is 18.5 Å². The molecule has 5 nitrogen and oxygen atoms in total. The normalized spacial score (nSPS) is 13.6. The highest BCUT2D eigenvalue weighted by atomic mass is 79.9. The molecule has 0 aliphatic rings. The third-order valence-electron chi connectivity index (χ3n) is 2.99. The first-order chi connectivity index (χ1) is 9.81. The summed E-state index contributed by atoms with van der Waals surface area (Å²) in [5.41, 5.74) is 1.13. The van der Waals surface area contributed by atoms with Gasteiger partial charge in [0.2, 0.25) is 5.91 Å². The molecule has 2 atom stereocenters. The van der Waals surface area contributed by atoms with Crippen molar-refractivity contribution in [1.82, 2.24) is 10.2 Å². The first kappa shape index (κ1) is 17.9. The Bertz CT molecular complexity index is 480. The molecular weight excluding hydrogens is 336 g/mol. The van der Waals surface area contributed by atoms with E-state index >= 15 is 0 Å². The average molecular weight is 359 g/mol. The van der Waals surface area contributed by atoms with Crippen molar-refractivity contribution < 1.29 is 14.6 Å². The monoisotopic (exact) mass is 358 g/mol. The second kappa shape index (κ2) is 8.36. The molecular formula is C15H23BrN2O3. The van der Waals surface area contributed by atoms with Crippen molar-refractivity contribution in [3.8, 4) is 5.75 Å². The van der Waals surface area contributed by atoms with Crippen LogP contribution in [-0.4, -0.2) is 55.3 Å². The van der Waals surface area contributed by atoms with Crippen LogP contribution in [0.3, 0.4) is 0 Å². The summed E-state index contributed by atoms with van der Waals surface area (Å²) in [4.78, 5) is 13.2. The van der Waals surface area contributed by atoms with Crippen LogP contribution in [0.15, 0.2) is 22.7 Å². The highest BCUT2D eigenvalue weighted by Crippen LogP contribution is 2.25. The molecule has 0 aliphatic heterocycles. The largest absolute Gasteiger partial charge is 0.490 e. The van der Waals surface area contributed by atoms with Gasteiger partial charge in [-0.05, 0) is 47.5 Å². The van der Waals surface area contributed by atoms with Gasteiger partial charge in [0, 0.05) is 20.6 Å². The Balaban J connectivity index is 2.37. The van der Waals surface area contributed by atoms with Gasteiger partial charge in [0.15, 0.2) is 0 Å². The van der Waals surface area contributed by atoms with E-state index in [1.807, 2.05) is 25.1 Å². The van der Waals surface area contributed by atoms with Gasteiger partial charge in [-0.15, -0.1) is 0 Å². The number of aryl methyl sites for hydroxylation is 1. The van der Waals surface area contributed by atoms with Gasteiger partial charge in [-0.3, -0.25) is 4.79 Å². The molecule has 21 heavy (non-hydrogen) atoms. The van der Waals surface area contributed by atoms with Crippen LogP contribution in [0, 0.1) is 6.92 Å². The SMILES string of the molecule is Cc1ccc(OCC(O)CNC(C)C(=O)N(C)C)c(Br)c1. The zero-order chi connectivity index (χ0) is 16.0. The molecule has 0 saturated carbocycles. The third kappa shape index (κ3) is 6.03. The highest BCUT2D eigenvalue weighted by molar-refractivity contribution is 9.10. The summed E-state index contributed by atoms with van der Waals surface area (Å²) in [7, 11) is 3.41. The van der Waals surface area contributed by atoms with Crippen LogP contribution in [0.5, 0.6) is 5.75 Å². The van der Waals surface area contributed by atoms with Gasteiger partial charge in [-0.1, -0.05) is 6.07 Å². The van der Waals surface area contributed by atoms with E-state index < -0.39 is 6.10 Å². The summed E-state index contributed by atoms with van der Waals surface area (Å²) in [6, 6.07) is 5.43. The van der Waals surface area contributed by atoms with E-state index in [4.69, 9.17) is 4.74 Å². The minimum absolute atomic E-state index is 0.0237. The van der Waals surface area contributed by atoms with E-state index in [1.165, 1.54) is 4.90 Å². The Morgan fingerprint density at radius 1 is 1.48 bits per heavy atom. The molecule has 2 N–H and O–H groups in total. The molecule has 0 fully saturated rings. The predicted molar refractivity (Wildman–Crippen MR) is 86.5 cm³/mol. The fourth-order valence-corrected chi connectivity index (χ4v) is 2.36. The van der Waals surface area contributed by atoms with E-state index in [2.05, 4.69) is 21.2 Å². The zero-order valence-corrected chi connectivity index (χ0v) is 14.5. The number of carbonyl (C=O) groups is 1. The number of hydrogen-bond donors (Lipinski definition) is 2. The minimum Gasteiger partial charge on any atom is -0.490 e.